The SMILES string of the molecule is CSCC(=O)N1CCC[C@H](c2nccn2CCN(C)C)C1. The molecule has 1 aliphatic heterocycles. The van der Waals surface area contributed by atoms with Crippen LogP contribution in [0.4, 0.5) is 0 Å². The molecule has 1 aromatic rings. The summed E-state index contributed by atoms with van der Waals surface area (Å²) in [6, 6.07) is 0. The molecule has 21 heavy (non-hydrogen) atoms. The number of carbonyl (C=O) groups excluding carboxylic acids is 1. The number of thioether (sulfide) groups is 1. The van der Waals surface area contributed by atoms with E-state index >= 15 is 0 Å². The lowest BCUT2D eigenvalue weighted by Crippen LogP contribution is -2.40. The summed E-state index contributed by atoms with van der Waals surface area (Å²) in [5, 5.41) is 0. The molecule has 1 atom stereocenters. The molecule has 5 nitrogen and oxygen atoms in total. The van der Waals surface area contributed by atoms with E-state index < -0.39 is 0 Å². The summed E-state index contributed by atoms with van der Waals surface area (Å²) in [6.45, 7) is 3.68. The lowest BCUT2D eigenvalue weighted by Gasteiger charge is -2.32. The van der Waals surface area contributed by atoms with Crippen LogP contribution in [0.25, 0.3) is 0 Å². The predicted molar refractivity (Wildman–Crippen MR) is 87.7 cm³/mol. The second-order valence-electron chi connectivity index (χ2n) is 5.89. The molecule has 0 radical (unpaired) electrons. The normalized spacial score (nSPS) is 19.2. The Kier molecular flexibility index (Phi) is 6.11. The van der Waals surface area contributed by atoms with E-state index in [0.29, 0.717) is 11.7 Å². The van der Waals surface area contributed by atoms with Crippen molar-refractivity contribution in [3.8, 4) is 0 Å². The third-order valence-electron chi connectivity index (χ3n) is 3.94. The van der Waals surface area contributed by atoms with E-state index in [4.69, 9.17) is 0 Å². The quantitative estimate of drug-likeness (QED) is 0.799. The van der Waals surface area contributed by atoms with E-state index in [0.717, 1.165) is 44.8 Å². The lowest BCUT2D eigenvalue weighted by atomic mass is 9.97. The van der Waals surface area contributed by atoms with Crippen molar-refractivity contribution in [1.82, 2.24) is 19.4 Å². The molecule has 0 bridgehead atoms. The summed E-state index contributed by atoms with van der Waals surface area (Å²) in [5.41, 5.74) is 0. The van der Waals surface area contributed by atoms with Gasteiger partial charge in [-0.25, -0.2) is 4.98 Å². The van der Waals surface area contributed by atoms with Gasteiger partial charge >= 0.3 is 0 Å². The van der Waals surface area contributed by atoms with Crippen molar-refractivity contribution >= 4 is 17.7 Å². The first-order valence-corrected chi connectivity index (χ1v) is 8.93. The zero-order chi connectivity index (χ0) is 15.2. The lowest BCUT2D eigenvalue weighted by molar-refractivity contribution is -0.129. The summed E-state index contributed by atoms with van der Waals surface area (Å²) in [7, 11) is 4.17. The van der Waals surface area contributed by atoms with Gasteiger partial charge in [-0.1, -0.05) is 0 Å². The van der Waals surface area contributed by atoms with E-state index in [-0.39, 0.29) is 5.91 Å². The topological polar surface area (TPSA) is 41.4 Å². The van der Waals surface area contributed by atoms with E-state index in [1.54, 1.807) is 11.8 Å². The summed E-state index contributed by atoms with van der Waals surface area (Å²) in [4.78, 5) is 20.8. The Hall–Kier alpha value is -1.01. The molecular weight excluding hydrogens is 284 g/mol. The number of imidazole rings is 1. The summed E-state index contributed by atoms with van der Waals surface area (Å²) < 4.78 is 2.24. The standard InChI is InChI=1S/C15H26N4OS/c1-17(2)9-10-18-8-6-16-15(18)13-5-4-7-19(11-13)14(20)12-21-3/h6,8,13H,4-5,7,9-12H2,1-3H3/t13-/m0/s1. The third-order valence-corrected chi connectivity index (χ3v) is 4.48. The van der Waals surface area contributed by atoms with Crippen LogP contribution in [0.1, 0.15) is 24.6 Å². The molecule has 6 heteroatoms. The van der Waals surface area contributed by atoms with Gasteiger partial charge in [-0.2, -0.15) is 11.8 Å². The van der Waals surface area contributed by atoms with Crippen molar-refractivity contribution in [2.75, 3.05) is 45.7 Å². The highest BCUT2D eigenvalue weighted by Gasteiger charge is 2.27. The number of likely N-dealkylation sites (tertiary alicyclic amines) is 1. The van der Waals surface area contributed by atoms with Crippen molar-refractivity contribution in [3.05, 3.63) is 18.2 Å². The molecule has 2 rings (SSSR count). The molecule has 0 spiro atoms. The van der Waals surface area contributed by atoms with Gasteiger partial charge in [-0.15, -0.1) is 0 Å². The number of hydrogen-bond acceptors (Lipinski definition) is 4. The van der Waals surface area contributed by atoms with Crippen LogP contribution in [-0.4, -0.2) is 71.0 Å². The molecular formula is C15H26N4OS. The third kappa shape index (κ3) is 4.48. The average Bonchev–Trinajstić information content (AvgIpc) is 2.94. The van der Waals surface area contributed by atoms with E-state index in [2.05, 4.69) is 34.7 Å². The number of hydrogen-bond donors (Lipinski definition) is 0. The molecule has 1 aromatic heterocycles. The van der Waals surface area contributed by atoms with Crippen LogP contribution in [0.15, 0.2) is 12.4 Å². The number of nitrogens with zero attached hydrogens (tertiary/aromatic N) is 4. The Balaban J connectivity index is 2.01. The van der Waals surface area contributed by atoms with Gasteiger partial charge in [-0.05, 0) is 33.2 Å². The molecule has 1 amide bonds. The maximum absolute atomic E-state index is 12.1. The zero-order valence-electron chi connectivity index (χ0n) is 13.3. The Labute approximate surface area is 131 Å². The van der Waals surface area contributed by atoms with Crippen LogP contribution in [0.2, 0.25) is 0 Å². The van der Waals surface area contributed by atoms with Crippen LogP contribution >= 0.6 is 11.8 Å². The molecule has 1 aliphatic rings. The number of amides is 1. The van der Waals surface area contributed by atoms with Crippen LogP contribution < -0.4 is 0 Å². The largest absolute Gasteiger partial charge is 0.341 e. The van der Waals surface area contributed by atoms with E-state index in [1.807, 2.05) is 17.4 Å². The molecule has 0 saturated carbocycles. The smallest absolute Gasteiger partial charge is 0.232 e. The number of likely N-dealkylation sites (N-methyl/N-ethyl adjacent to an activating group) is 1. The molecule has 0 N–H and O–H groups in total. The zero-order valence-corrected chi connectivity index (χ0v) is 14.1. The first-order valence-electron chi connectivity index (χ1n) is 7.54. The molecule has 0 aliphatic carbocycles. The van der Waals surface area contributed by atoms with Crippen LogP contribution in [0, 0.1) is 0 Å². The van der Waals surface area contributed by atoms with Crippen molar-refractivity contribution in [2.24, 2.45) is 0 Å². The fraction of sp³-hybridized carbons (Fsp3) is 0.733. The second kappa shape index (κ2) is 7.84. The van der Waals surface area contributed by atoms with Gasteiger partial charge < -0.3 is 14.4 Å². The van der Waals surface area contributed by atoms with Crippen molar-refractivity contribution in [3.63, 3.8) is 0 Å². The molecule has 118 valence electrons. The summed E-state index contributed by atoms with van der Waals surface area (Å²) in [5.74, 6) is 2.36. The van der Waals surface area contributed by atoms with Gasteiger partial charge in [0.2, 0.25) is 5.91 Å². The van der Waals surface area contributed by atoms with Gasteiger partial charge in [0.1, 0.15) is 5.82 Å². The number of carbonyl (C=O) groups is 1. The van der Waals surface area contributed by atoms with Gasteiger partial charge in [-0.3, -0.25) is 4.79 Å². The Morgan fingerprint density at radius 1 is 1.52 bits per heavy atom. The van der Waals surface area contributed by atoms with Crippen LogP contribution in [0.3, 0.4) is 0 Å². The Bertz CT molecular complexity index is 460. The van der Waals surface area contributed by atoms with Crippen molar-refractivity contribution in [1.29, 1.82) is 0 Å². The highest BCUT2D eigenvalue weighted by atomic mass is 32.2. The minimum absolute atomic E-state index is 0.263. The van der Waals surface area contributed by atoms with Crippen LogP contribution in [-0.2, 0) is 11.3 Å². The highest BCUT2D eigenvalue weighted by molar-refractivity contribution is 7.99. The van der Waals surface area contributed by atoms with Crippen molar-refractivity contribution < 1.29 is 4.79 Å². The first kappa shape index (κ1) is 16.4. The fourth-order valence-electron chi connectivity index (χ4n) is 2.81. The van der Waals surface area contributed by atoms with E-state index in [1.165, 1.54) is 0 Å². The number of piperidine rings is 1. The second-order valence-corrected chi connectivity index (χ2v) is 6.76. The van der Waals surface area contributed by atoms with Gasteiger partial charge in [0.25, 0.3) is 0 Å². The van der Waals surface area contributed by atoms with Crippen molar-refractivity contribution in [2.45, 2.75) is 25.3 Å². The molecule has 2 heterocycles. The Morgan fingerprint density at radius 3 is 3.05 bits per heavy atom. The van der Waals surface area contributed by atoms with Gasteiger partial charge in [0.15, 0.2) is 0 Å². The number of rotatable bonds is 6. The molecule has 0 unspecified atom stereocenters. The fourth-order valence-corrected chi connectivity index (χ4v) is 3.24. The van der Waals surface area contributed by atoms with Gasteiger partial charge in [0.05, 0.1) is 5.75 Å². The maximum Gasteiger partial charge on any atom is 0.232 e. The first-order chi connectivity index (χ1) is 10.1. The molecule has 1 saturated heterocycles. The maximum atomic E-state index is 12.1. The Morgan fingerprint density at radius 2 is 2.33 bits per heavy atom. The summed E-state index contributed by atoms with van der Waals surface area (Å²) in [6.07, 6.45) is 8.12. The monoisotopic (exact) mass is 310 g/mol. The predicted octanol–water partition coefficient (Wildman–Crippen LogP) is 1.51. The average molecular weight is 310 g/mol. The summed E-state index contributed by atoms with van der Waals surface area (Å²) >= 11 is 1.60. The number of aromatic nitrogens is 2. The minimum Gasteiger partial charge on any atom is -0.341 e. The van der Waals surface area contributed by atoms with Crippen LogP contribution in [0.5, 0.6) is 0 Å². The highest BCUT2D eigenvalue weighted by Crippen LogP contribution is 2.26. The van der Waals surface area contributed by atoms with Gasteiger partial charge in [0, 0.05) is 44.5 Å². The van der Waals surface area contributed by atoms with E-state index in [9.17, 15) is 4.79 Å². The molecule has 1 fully saturated rings. The minimum atomic E-state index is 0.263. The molecule has 0 aromatic carbocycles.